The van der Waals surface area contributed by atoms with E-state index in [2.05, 4.69) is 33.1 Å². The Balaban J connectivity index is 1.33. The van der Waals surface area contributed by atoms with Gasteiger partial charge in [-0.2, -0.15) is 0 Å². The van der Waals surface area contributed by atoms with Gasteiger partial charge < -0.3 is 10.1 Å². The van der Waals surface area contributed by atoms with Crippen LogP contribution in [-0.4, -0.2) is 42.3 Å². The molecular weight excluding hydrogens is 436 g/mol. The molecule has 0 saturated carbocycles. The number of fused-ring (bicyclic) bond motifs is 1. The Bertz CT molecular complexity index is 959. The summed E-state index contributed by atoms with van der Waals surface area (Å²) in [6.07, 6.45) is 0.611. The zero-order chi connectivity index (χ0) is 20.6. The summed E-state index contributed by atoms with van der Waals surface area (Å²) in [5.41, 5.74) is 0.838. The van der Waals surface area contributed by atoms with Crippen LogP contribution in [0, 0.1) is 11.8 Å². The van der Waals surface area contributed by atoms with Crippen molar-refractivity contribution in [3.63, 3.8) is 0 Å². The molecule has 2 aromatic rings. The van der Waals surface area contributed by atoms with Crippen LogP contribution in [0.5, 0.6) is 5.75 Å². The van der Waals surface area contributed by atoms with Crippen molar-refractivity contribution in [2.45, 2.75) is 12.8 Å². The number of nitrogens with one attached hydrogen (secondary N) is 1. The molecule has 0 bridgehead atoms. The number of carbonyl (C=O) groups is 3. The predicted octanol–water partition coefficient (Wildman–Crippen LogP) is 3.02. The maximum absolute atomic E-state index is 12.2. The molecule has 3 rings (SSSR count). The Hall–Kier alpha value is -3.11. The average molecular weight is 455 g/mol. The molecule has 0 fully saturated rings. The van der Waals surface area contributed by atoms with Gasteiger partial charge in [-0.05, 0) is 36.8 Å². The van der Waals surface area contributed by atoms with Crippen LogP contribution < -0.4 is 10.1 Å². The molecule has 0 saturated heterocycles. The lowest BCUT2D eigenvalue weighted by Crippen LogP contribution is -2.32. The number of ether oxygens (including phenoxy) is 1. The Labute approximate surface area is 177 Å². The molecule has 1 heterocycles. The minimum absolute atomic E-state index is 0.177. The summed E-state index contributed by atoms with van der Waals surface area (Å²) in [4.78, 5) is 37.6. The van der Waals surface area contributed by atoms with Gasteiger partial charge in [-0.15, -0.1) is 0 Å². The third kappa shape index (κ3) is 5.46. The highest BCUT2D eigenvalue weighted by Gasteiger charge is 2.34. The summed E-state index contributed by atoms with van der Waals surface area (Å²) in [5.74, 6) is 5.58. The Morgan fingerprint density at radius 1 is 1.03 bits per heavy atom. The molecule has 148 valence electrons. The van der Waals surface area contributed by atoms with E-state index in [0.29, 0.717) is 23.3 Å². The number of rotatable bonds is 7. The third-order valence-electron chi connectivity index (χ3n) is 4.27. The van der Waals surface area contributed by atoms with Gasteiger partial charge in [-0.3, -0.25) is 19.3 Å². The van der Waals surface area contributed by atoms with E-state index >= 15 is 0 Å². The number of amides is 3. The molecule has 7 heteroatoms. The van der Waals surface area contributed by atoms with Crippen molar-refractivity contribution in [2.24, 2.45) is 0 Å². The number of imide groups is 1. The van der Waals surface area contributed by atoms with Gasteiger partial charge in [0.1, 0.15) is 12.4 Å². The van der Waals surface area contributed by atoms with Crippen molar-refractivity contribution < 1.29 is 19.1 Å². The summed E-state index contributed by atoms with van der Waals surface area (Å²) >= 11 is 3.36. The molecule has 0 aliphatic carbocycles. The lowest BCUT2D eigenvalue weighted by molar-refractivity contribution is -0.121. The Morgan fingerprint density at radius 2 is 1.76 bits per heavy atom. The lowest BCUT2D eigenvalue weighted by atomic mass is 10.1. The zero-order valence-corrected chi connectivity index (χ0v) is 17.2. The van der Waals surface area contributed by atoms with E-state index < -0.39 is 0 Å². The first-order chi connectivity index (χ1) is 14.1. The first kappa shape index (κ1) is 20.6. The highest BCUT2D eigenvalue weighted by atomic mass is 79.9. The minimum Gasteiger partial charge on any atom is -0.481 e. The molecular formula is C22H19BrN2O4. The maximum Gasteiger partial charge on any atom is 0.261 e. The van der Waals surface area contributed by atoms with Gasteiger partial charge >= 0.3 is 0 Å². The van der Waals surface area contributed by atoms with E-state index in [0.717, 1.165) is 4.47 Å². The van der Waals surface area contributed by atoms with E-state index in [1.807, 2.05) is 24.3 Å². The summed E-state index contributed by atoms with van der Waals surface area (Å²) in [6, 6.07) is 14.2. The van der Waals surface area contributed by atoms with Crippen molar-refractivity contribution in [2.75, 3.05) is 19.7 Å². The average Bonchev–Trinajstić information content (AvgIpc) is 2.96. The minimum atomic E-state index is -0.303. The molecule has 0 atom stereocenters. The normalized spacial score (nSPS) is 12.2. The standard InChI is InChI=1S/C22H19BrN2O4/c23-16-7-5-8-17(15-16)29-14-4-3-12-24-20(26)11-6-13-25-21(27)18-9-1-2-10-19(18)22(25)28/h1-2,5,7-10,15H,6,11-14H2,(H,24,26). The van der Waals surface area contributed by atoms with Crippen LogP contribution in [0.1, 0.15) is 33.6 Å². The summed E-state index contributed by atoms with van der Waals surface area (Å²) < 4.78 is 6.40. The fraction of sp³-hybridized carbons (Fsp3) is 0.227. The first-order valence-corrected chi connectivity index (χ1v) is 9.91. The molecule has 1 N–H and O–H groups in total. The SMILES string of the molecule is O=C(CCCN1C(=O)c2ccccc2C1=O)NCC#CCOc1cccc(Br)c1. The van der Waals surface area contributed by atoms with Gasteiger partial charge in [0.05, 0.1) is 17.7 Å². The van der Waals surface area contributed by atoms with Crippen molar-refractivity contribution in [3.05, 3.63) is 64.1 Å². The molecule has 1 aliphatic rings. The molecule has 29 heavy (non-hydrogen) atoms. The molecule has 2 aromatic carbocycles. The molecule has 1 aliphatic heterocycles. The van der Waals surface area contributed by atoms with Crippen LogP contribution >= 0.6 is 15.9 Å². The summed E-state index contributed by atoms with van der Waals surface area (Å²) in [7, 11) is 0. The molecule has 3 amide bonds. The highest BCUT2D eigenvalue weighted by molar-refractivity contribution is 9.10. The van der Waals surface area contributed by atoms with Crippen LogP contribution in [0.15, 0.2) is 53.0 Å². The lowest BCUT2D eigenvalue weighted by Gasteiger charge is -2.13. The molecule has 0 spiro atoms. The van der Waals surface area contributed by atoms with Crippen molar-refractivity contribution in [1.29, 1.82) is 0 Å². The first-order valence-electron chi connectivity index (χ1n) is 9.12. The van der Waals surface area contributed by atoms with Crippen LogP contribution in [0.2, 0.25) is 0 Å². The van der Waals surface area contributed by atoms with E-state index in [1.54, 1.807) is 24.3 Å². The second-order valence-corrected chi connectivity index (χ2v) is 7.20. The van der Waals surface area contributed by atoms with Gasteiger partial charge in [0.2, 0.25) is 5.91 Å². The summed E-state index contributed by atoms with van der Waals surface area (Å²) in [5, 5.41) is 2.69. The molecule has 0 unspecified atom stereocenters. The fourth-order valence-corrected chi connectivity index (χ4v) is 3.24. The van der Waals surface area contributed by atoms with Gasteiger partial charge in [0.15, 0.2) is 0 Å². The number of nitrogens with zero attached hydrogens (tertiary/aromatic N) is 1. The number of hydrogen-bond acceptors (Lipinski definition) is 4. The van der Waals surface area contributed by atoms with Gasteiger partial charge in [-0.25, -0.2) is 0 Å². The Kier molecular flexibility index (Phi) is 7.04. The van der Waals surface area contributed by atoms with Crippen molar-refractivity contribution >= 4 is 33.7 Å². The van der Waals surface area contributed by atoms with Crippen LogP contribution in [0.3, 0.4) is 0 Å². The summed E-state index contributed by atoms with van der Waals surface area (Å²) in [6.45, 7) is 0.658. The smallest absolute Gasteiger partial charge is 0.261 e. The predicted molar refractivity (Wildman–Crippen MR) is 111 cm³/mol. The van der Waals surface area contributed by atoms with E-state index in [1.165, 1.54) is 4.90 Å². The van der Waals surface area contributed by atoms with Gasteiger partial charge in [-0.1, -0.05) is 46.0 Å². The molecule has 0 radical (unpaired) electrons. The number of hydrogen-bond donors (Lipinski definition) is 1. The van der Waals surface area contributed by atoms with E-state index in [4.69, 9.17) is 4.74 Å². The second-order valence-electron chi connectivity index (χ2n) is 6.29. The topological polar surface area (TPSA) is 75.7 Å². The van der Waals surface area contributed by atoms with Gasteiger partial charge in [0.25, 0.3) is 11.8 Å². The van der Waals surface area contributed by atoms with Gasteiger partial charge in [0, 0.05) is 17.4 Å². The number of halogens is 1. The molecule has 6 nitrogen and oxygen atoms in total. The van der Waals surface area contributed by atoms with E-state index in [-0.39, 0.29) is 43.8 Å². The van der Waals surface area contributed by atoms with Crippen molar-refractivity contribution in [1.82, 2.24) is 10.2 Å². The quantitative estimate of drug-likeness (QED) is 0.515. The monoisotopic (exact) mass is 454 g/mol. The second kappa shape index (κ2) is 9.89. The number of benzene rings is 2. The maximum atomic E-state index is 12.2. The highest BCUT2D eigenvalue weighted by Crippen LogP contribution is 2.22. The Morgan fingerprint density at radius 3 is 2.45 bits per heavy atom. The van der Waals surface area contributed by atoms with E-state index in [9.17, 15) is 14.4 Å². The third-order valence-corrected chi connectivity index (χ3v) is 4.76. The zero-order valence-electron chi connectivity index (χ0n) is 15.6. The largest absolute Gasteiger partial charge is 0.481 e. The number of carbonyl (C=O) groups excluding carboxylic acids is 3. The van der Waals surface area contributed by atoms with Crippen LogP contribution in [0.25, 0.3) is 0 Å². The van der Waals surface area contributed by atoms with Crippen LogP contribution in [0.4, 0.5) is 0 Å². The fourth-order valence-electron chi connectivity index (χ4n) is 2.86. The van der Waals surface area contributed by atoms with Crippen molar-refractivity contribution in [3.8, 4) is 17.6 Å². The molecule has 0 aromatic heterocycles. The van der Waals surface area contributed by atoms with Crippen LogP contribution in [-0.2, 0) is 4.79 Å².